The van der Waals surface area contributed by atoms with Gasteiger partial charge in [-0.2, -0.15) is 0 Å². The van der Waals surface area contributed by atoms with E-state index < -0.39 is 5.63 Å². The summed E-state index contributed by atoms with van der Waals surface area (Å²) in [6.45, 7) is 4.88. The van der Waals surface area contributed by atoms with E-state index >= 15 is 0 Å². The average molecular weight is 301 g/mol. The normalized spacial score (nSPS) is 12.3. The summed E-state index contributed by atoms with van der Waals surface area (Å²) in [5.74, 6) is 0.103. The molecule has 1 heterocycles. The first-order valence-electron chi connectivity index (χ1n) is 7.96. The van der Waals surface area contributed by atoms with Crippen LogP contribution >= 0.6 is 0 Å². The Morgan fingerprint density at radius 1 is 1.27 bits per heavy atom. The molecule has 1 amide bonds. The summed E-state index contributed by atoms with van der Waals surface area (Å²) in [5, 5.41) is 3.62. The summed E-state index contributed by atoms with van der Waals surface area (Å²) in [6, 6.07) is 8.79. The predicted octanol–water partition coefficient (Wildman–Crippen LogP) is 3.74. The number of benzene rings is 1. The number of carbonyl (C=O) groups excluding carboxylic acids is 1. The van der Waals surface area contributed by atoms with E-state index in [1.54, 1.807) is 18.2 Å². The fraction of sp³-hybridized carbons (Fsp3) is 0.444. The first kappa shape index (κ1) is 16.3. The van der Waals surface area contributed by atoms with Gasteiger partial charge in [-0.25, -0.2) is 4.79 Å². The van der Waals surface area contributed by atoms with Crippen molar-refractivity contribution in [2.75, 3.05) is 6.54 Å². The van der Waals surface area contributed by atoms with E-state index in [9.17, 15) is 9.59 Å². The van der Waals surface area contributed by atoms with Crippen molar-refractivity contribution in [1.29, 1.82) is 0 Å². The van der Waals surface area contributed by atoms with Crippen LogP contribution in [0.15, 0.2) is 39.5 Å². The highest BCUT2D eigenvalue weighted by molar-refractivity contribution is 5.96. The fourth-order valence-corrected chi connectivity index (χ4v) is 2.50. The van der Waals surface area contributed by atoms with Crippen molar-refractivity contribution < 1.29 is 9.21 Å². The number of amides is 1. The molecule has 1 aromatic carbocycles. The summed E-state index contributed by atoms with van der Waals surface area (Å²) in [5.41, 5.74) is -0.0136. The van der Waals surface area contributed by atoms with Crippen molar-refractivity contribution in [3.63, 3.8) is 0 Å². The largest absolute Gasteiger partial charge is 0.422 e. The molecule has 1 N–H and O–H groups in total. The molecule has 118 valence electrons. The van der Waals surface area contributed by atoms with E-state index in [-0.39, 0.29) is 11.5 Å². The molecule has 0 aliphatic carbocycles. The van der Waals surface area contributed by atoms with Gasteiger partial charge in [-0.3, -0.25) is 4.79 Å². The van der Waals surface area contributed by atoms with Gasteiger partial charge in [0.1, 0.15) is 11.1 Å². The van der Waals surface area contributed by atoms with Gasteiger partial charge in [0.2, 0.25) is 0 Å². The minimum atomic E-state index is -0.585. The van der Waals surface area contributed by atoms with Gasteiger partial charge in [-0.15, -0.1) is 0 Å². The fourth-order valence-electron chi connectivity index (χ4n) is 2.50. The van der Waals surface area contributed by atoms with Crippen LogP contribution < -0.4 is 10.9 Å². The van der Waals surface area contributed by atoms with Gasteiger partial charge in [0.25, 0.3) is 5.91 Å². The van der Waals surface area contributed by atoms with Crippen molar-refractivity contribution in [1.82, 2.24) is 5.32 Å². The third kappa shape index (κ3) is 3.97. The number of fused-ring (bicyclic) bond motifs is 1. The first-order chi connectivity index (χ1) is 10.7. The predicted molar refractivity (Wildman–Crippen MR) is 88.1 cm³/mol. The molecule has 2 rings (SSSR count). The molecule has 0 unspecified atom stereocenters. The number of para-hydroxylation sites is 1. The maximum atomic E-state index is 12.2. The first-order valence-corrected chi connectivity index (χ1v) is 7.96. The van der Waals surface area contributed by atoms with E-state index in [2.05, 4.69) is 19.2 Å². The third-order valence-electron chi connectivity index (χ3n) is 3.98. The minimum Gasteiger partial charge on any atom is -0.422 e. The molecule has 0 spiro atoms. The Morgan fingerprint density at radius 2 is 2.05 bits per heavy atom. The molecule has 0 saturated carbocycles. The highest BCUT2D eigenvalue weighted by atomic mass is 16.4. The number of hydrogen-bond acceptors (Lipinski definition) is 3. The molecule has 1 aromatic heterocycles. The molecule has 0 radical (unpaired) electrons. The van der Waals surface area contributed by atoms with Crippen molar-refractivity contribution >= 4 is 16.9 Å². The molecule has 4 heteroatoms. The Hall–Kier alpha value is -2.10. The molecule has 1 atom stereocenters. The second-order valence-corrected chi connectivity index (χ2v) is 5.61. The highest BCUT2D eigenvalue weighted by Crippen LogP contribution is 2.14. The topological polar surface area (TPSA) is 59.3 Å². The quantitative estimate of drug-likeness (QED) is 0.793. The Labute approximate surface area is 130 Å². The Morgan fingerprint density at radius 3 is 2.77 bits per heavy atom. The smallest absolute Gasteiger partial charge is 0.349 e. The zero-order valence-corrected chi connectivity index (χ0v) is 13.2. The molecule has 2 aromatic rings. The lowest BCUT2D eigenvalue weighted by atomic mass is 9.99. The minimum absolute atomic E-state index is 0.0732. The maximum Gasteiger partial charge on any atom is 0.349 e. The van der Waals surface area contributed by atoms with Crippen LogP contribution in [-0.4, -0.2) is 12.5 Å². The zero-order chi connectivity index (χ0) is 15.9. The standard InChI is InChI=1S/C18H23NO3/c1-3-5-8-13(4-2)12-19-17(20)15-11-14-9-6-7-10-16(14)22-18(15)21/h6-7,9-11,13H,3-5,8,12H2,1-2H3,(H,19,20)/t13-/m0/s1. The van der Waals surface area contributed by atoms with Crippen LogP contribution in [0, 0.1) is 5.92 Å². The van der Waals surface area contributed by atoms with Gasteiger partial charge in [0, 0.05) is 11.9 Å². The molecule has 22 heavy (non-hydrogen) atoms. The van der Waals surface area contributed by atoms with Gasteiger partial charge >= 0.3 is 5.63 Å². The SMILES string of the molecule is CCCC[C@H](CC)CNC(=O)c1cc2ccccc2oc1=O. The Balaban J connectivity index is 2.09. The van der Waals surface area contributed by atoms with Crippen LogP contribution in [0.25, 0.3) is 11.0 Å². The summed E-state index contributed by atoms with van der Waals surface area (Å²) in [4.78, 5) is 24.2. The molecule has 0 fully saturated rings. The van der Waals surface area contributed by atoms with E-state index in [4.69, 9.17) is 4.42 Å². The van der Waals surface area contributed by atoms with Crippen LogP contribution in [0.1, 0.15) is 49.9 Å². The molecular formula is C18H23NO3. The summed E-state index contributed by atoms with van der Waals surface area (Å²) >= 11 is 0. The molecule has 0 saturated heterocycles. The Kier molecular flexibility index (Phi) is 5.75. The second-order valence-electron chi connectivity index (χ2n) is 5.61. The molecule has 0 aliphatic rings. The molecular weight excluding hydrogens is 278 g/mol. The van der Waals surface area contributed by atoms with Gasteiger partial charge in [-0.05, 0) is 24.5 Å². The number of carbonyl (C=O) groups is 1. The average Bonchev–Trinajstić information content (AvgIpc) is 2.54. The third-order valence-corrected chi connectivity index (χ3v) is 3.98. The van der Waals surface area contributed by atoms with Crippen LogP contribution in [0.5, 0.6) is 0 Å². The van der Waals surface area contributed by atoms with E-state index in [1.165, 1.54) is 0 Å². The number of nitrogens with one attached hydrogen (secondary N) is 1. The second kappa shape index (κ2) is 7.78. The maximum absolute atomic E-state index is 12.2. The van der Waals surface area contributed by atoms with Crippen molar-refractivity contribution in [2.24, 2.45) is 5.92 Å². The Bertz CT molecular complexity index is 690. The zero-order valence-electron chi connectivity index (χ0n) is 13.2. The van der Waals surface area contributed by atoms with Crippen molar-refractivity contribution in [2.45, 2.75) is 39.5 Å². The van der Waals surface area contributed by atoms with Crippen LogP contribution in [0.4, 0.5) is 0 Å². The monoisotopic (exact) mass is 301 g/mol. The van der Waals surface area contributed by atoms with Gasteiger partial charge in [0.15, 0.2) is 0 Å². The number of unbranched alkanes of at least 4 members (excludes halogenated alkanes) is 1. The molecule has 4 nitrogen and oxygen atoms in total. The van der Waals surface area contributed by atoms with Crippen molar-refractivity contribution in [3.8, 4) is 0 Å². The highest BCUT2D eigenvalue weighted by Gasteiger charge is 2.15. The van der Waals surface area contributed by atoms with Crippen molar-refractivity contribution in [3.05, 3.63) is 46.3 Å². The van der Waals surface area contributed by atoms with Crippen LogP contribution in [-0.2, 0) is 0 Å². The van der Waals surface area contributed by atoms with Gasteiger partial charge in [0.05, 0.1) is 0 Å². The van der Waals surface area contributed by atoms with E-state index in [0.29, 0.717) is 18.0 Å². The summed E-state index contributed by atoms with van der Waals surface area (Å²) in [6.07, 6.45) is 4.43. The molecule has 0 bridgehead atoms. The molecule has 0 aliphatic heterocycles. The van der Waals surface area contributed by atoms with Gasteiger partial charge < -0.3 is 9.73 Å². The lowest BCUT2D eigenvalue weighted by Crippen LogP contribution is -2.32. The van der Waals surface area contributed by atoms with E-state index in [1.807, 2.05) is 12.1 Å². The number of hydrogen-bond donors (Lipinski definition) is 1. The lowest BCUT2D eigenvalue weighted by Gasteiger charge is -2.15. The van der Waals surface area contributed by atoms with Crippen LogP contribution in [0.2, 0.25) is 0 Å². The van der Waals surface area contributed by atoms with E-state index in [0.717, 1.165) is 31.1 Å². The summed E-state index contributed by atoms with van der Waals surface area (Å²) < 4.78 is 5.20. The van der Waals surface area contributed by atoms with Crippen LogP contribution in [0.3, 0.4) is 0 Å². The summed E-state index contributed by atoms with van der Waals surface area (Å²) in [7, 11) is 0. The van der Waals surface area contributed by atoms with Gasteiger partial charge in [-0.1, -0.05) is 51.3 Å². The number of rotatable bonds is 7. The lowest BCUT2D eigenvalue weighted by molar-refractivity contribution is 0.0942.